The average molecular weight is 712 g/mol. The molecule has 2 aromatic heterocycles. The molecule has 3 aromatic rings. The quantitative estimate of drug-likeness (QED) is 0.246. The van der Waals surface area contributed by atoms with Crippen molar-refractivity contribution in [3.05, 3.63) is 64.6 Å². The van der Waals surface area contributed by atoms with Crippen molar-refractivity contribution in [2.45, 2.75) is 57.5 Å². The Morgan fingerprint density at radius 1 is 0.980 bits per heavy atom. The Labute approximate surface area is 285 Å². The molecule has 4 heterocycles. The Hall–Kier alpha value is -4.38. The number of methoxy groups -OCH3 is 1. The lowest BCUT2D eigenvalue weighted by atomic mass is 9.93. The fraction of sp³-hybridized carbons (Fsp3) is 0.515. The van der Waals surface area contributed by atoms with Crippen LogP contribution in [0.3, 0.4) is 0 Å². The molecule has 0 radical (unpaired) electrons. The summed E-state index contributed by atoms with van der Waals surface area (Å²) in [7, 11) is 1.45. The normalized spacial score (nSPS) is 18.5. The van der Waals surface area contributed by atoms with Gasteiger partial charge in [0.1, 0.15) is 0 Å². The van der Waals surface area contributed by atoms with E-state index in [4.69, 9.17) is 9.47 Å². The molecule has 5 rings (SSSR count). The average Bonchev–Trinajstić information content (AvgIpc) is 3.07. The van der Waals surface area contributed by atoms with Gasteiger partial charge in [0.25, 0.3) is 0 Å². The van der Waals surface area contributed by atoms with Crippen molar-refractivity contribution in [1.29, 1.82) is 0 Å². The molecule has 1 fully saturated rings. The van der Waals surface area contributed by atoms with E-state index in [-0.39, 0.29) is 54.8 Å². The van der Waals surface area contributed by atoms with Crippen LogP contribution < -0.4 is 19.9 Å². The summed E-state index contributed by atoms with van der Waals surface area (Å²) in [4.78, 5) is 32.4. The lowest BCUT2D eigenvalue weighted by Crippen LogP contribution is -2.47. The lowest BCUT2D eigenvalue weighted by molar-refractivity contribution is -0.143. The predicted octanol–water partition coefficient (Wildman–Crippen LogP) is 5.92. The highest BCUT2D eigenvalue weighted by molar-refractivity contribution is 5.90. The second kappa shape index (κ2) is 15.2. The number of amides is 1. The number of nitrogens with one attached hydrogen (secondary N) is 1. The third-order valence-corrected chi connectivity index (χ3v) is 8.78. The zero-order valence-electron chi connectivity index (χ0n) is 27.8. The summed E-state index contributed by atoms with van der Waals surface area (Å²) in [5, 5.41) is 12.6. The summed E-state index contributed by atoms with van der Waals surface area (Å²) >= 11 is 0. The summed E-state index contributed by atoms with van der Waals surface area (Å²) in [6.07, 6.45) is -8.46. The van der Waals surface area contributed by atoms with Crippen molar-refractivity contribution in [3.63, 3.8) is 0 Å². The highest BCUT2D eigenvalue weighted by Gasteiger charge is 2.39. The van der Waals surface area contributed by atoms with Gasteiger partial charge >= 0.3 is 18.4 Å². The number of fused-ring (bicyclic) bond motifs is 1. The fourth-order valence-corrected chi connectivity index (χ4v) is 6.32. The van der Waals surface area contributed by atoms with Gasteiger partial charge in [0.05, 0.1) is 66.5 Å². The standard InChI is InChI=1S/C33H39F6N7O4/c1-4-23-18-25(29-26(6-7-28(43-29)49-3)46(23)31(48)50-5-2)42-30-40-19-27(45-10-8-44(9-11-45)12-13-47)24(41-30)16-20-14-21(32(34,35)36)17-22(15-20)33(37,38)39/h6-7,14-15,17,19,23,25,47H,4-5,8-13,16,18H2,1-3H3,(H,40,41,42). The summed E-state index contributed by atoms with van der Waals surface area (Å²) in [6, 6.07) is 3.97. The molecule has 2 atom stereocenters. The second-order valence-electron chi connectivity index (χ2n) is 12.0. The van der Waals surface area contributed by atoms with Crippen molar-refractivity contribution in [2.24, 2.45) is 0 Å². The van der Waals surface area contributed by atoms with E-state index in [2.05, 4.69) is 20.3 Å². The molecule has 50 heavy (non-hydrogen) atoms. The molecule has 0 aliphatic carbocycles. The van der Waals surface area contributed by atoms with Crippen molar-refractivity contribution < 1.29 is 45.7 Å². The minimum Gasteiger partial charge on any atom is -0.481 e. The molecule has 1 amide bonds. The Kier molecular flexibility index (Phi) is 11.2. The van der Waals surface area contributed by atoms with Gasteiger partial charge in [-0.1, -0.05) is 6.92 Å². The van der Waals surface area contributed by atoms with Gasteiger partial charge in [0.2, 0.25) is 11.8 Å². The molecule has 0 saturated carbocycles. The highest BCUT2D eigenvalue weighted by Crippen LogP contribution is 2.41. The maximum Gasteiger partial charge on any atom is 0.416 e. The molecule has 1 saturated heterocycles. The van der Waals surface area contributed by atoms with Crippen LogP contribution in [0.25, 0.3) is 0 Å². The molecule has 11 nitrogen and oxygen atoms in total. The molecule has 272 valence electrons. The third-order valence-electron chi connectivity index (χ3n) is 8.78. The number of β-amino-alcohol motifs (C(OH)–C–C–N with tert-alkyl or cyclic N) is 1. The molecule has 0 spiro atoms. The molecule has 17 heteroatoms. The molecule has 0 bridgehead atoms. The molecule has 2 aliphatic rings. The molecular weight excluding hydrogens is 672 g/mol. The first-order chi connectivity index (χ1) is 23.7. The minimum atomic E-state index is -5.00. The van der Waals surface area contributed by atoms with Crippen LogP contribution in [-0.4, -0.2) is 90.1 Å². The number of ether oxygens (including phenoxy) is 2. The van der Waals surface area contributed by atoms with Crippen LogP contribution in [-0.2, 0) is 23.5 Å². The maximum absolute atomic E-state index is 13.7. The zero-order chi connectivity index (χ0) is 36.2. The topological polar surface area (TPSA) is 116 Å². The monoisotopic (exact) mass is 711 g/mol. The van der Waals surface area contributed by atoms with Crippen molar-refractivity contribution in [1.82, 2.24) is 19.9 Å². The van der Waals surface area contributed by atoms with E-state index in [1.165, 1.54) is 13.3 Å². The first kappa shape index (κ1) is 36.9. The van der Waals surface area contributed by atoms with Gasteiger partial charge < -0.3 is 24.8 Å². The van der Waals surface area contributed by atoms with Crippen LogP contribution in [0, 0.1) is 0 Å². The number of anilines is 3. The Morgan fingerprint density at radius 2 is 1.66 bits per heavy atom. The van der Waals surface area contributed by atoms with Crippen LogP contribution >= 0.6 is 0 Å². The Balaban J connectivity index is 1.55. The number of nitrogens with zero attached hydrogens (tertiary/aromatic N) is 6. The van der Waals surface area contributed by atoms with Crippen LogP contribution in [0.5, 0.6) is 5.88 Å². The summed E-state index contributed by atoms with van der Waals surface area (Å²) in [6.45, 7) is 6.34. The molecular formula is C33H39F6N7O4. The van der Waals surface area contributed by atoms with Gasteiger partial charge in [0, 0.05) is 51.3 Å². The van der Waals surface area contributed by atoms with Crippen LogP contribution in [0.2, 0.25) is 0 Å². The predicted molar refractivity (Wildman–Crippen MR) is 172 cm³/mol. The third kappa shape index (κ3) is 8.31. The van der Waals surface area contributed by atoms with E-state index in [0.717, 1.165) is 0 Å². The van der Waals surface area contributed by atoms with Gasteiger partial charge in [-0.3, -0.25) is 9.80 Å². The number of aromatic nitrogens is 3. The van der Waals surface area contributed by atoms with E-state index in [1.807, 2.05) is 16.7 Å². The van der Waals surface area contributed by atoms with Crippen LogP contribution in [0.1, 0.15) is 60.8 Å². The first-order valence-electron chi connectivity index (χ1n) is 16.3. The lowest BCUT2D eigenvalue weighted by Gasteiger charge is -2.39. The molecule has 2 aliphatic heterocycles. The SMILES string of the molecule is CCOC(=O)N1c2ccc(OC)nc2C(Nc2ncc(N3CCN(CCO)CC3)c(Cc3cc(C(F)(F)F)cc(C(F)(F)F)c3)n2)CC1CC. The summed E-state index contributed by atoms with van der Waals surface area (Å²) in [5.41, 5.74) is -1.42. The second-order valence-corrected chi connectivity index (χ2v) is 12.0. The minimum absolute atomic E-state index is 0.0206. The summed E-state index contributed by atoms with van der Waals surface area (Å²) in [5.74, 6) is 0.363. The van der Waals surface area contributed by atoms with E-state index in [1.54, 1.807) is 24.0 Å². The number of hydrogen-bond donors (Lipinski definition) is 2. The maximum atomic E-state index is 13.7. The van der Waals surface area contributed by atoms with E-state index in [9.17, 15) is 36.2 Å². The smallest absolute Gasteiger partial charge is 0.416 e. The number of piperazine rings is 1. The number of carbonyl (C=O) groups is 1. The highest BCUT2D eigenvalue weighted by atomic mass is 19.4. The Morgan fingerprint density at radius 3 is 2.24 bits per heavy atom. The first-order valence-corrected chi connectivity index (χ1v) is 16.3. The molecule has 2 unspecified atom stereocenters. The van der Waals surface area contributed by atoms with Gasteiger partial charge in [-0.05, 0) is 49.6 Å². The number of aliphatic hydroxyl groups is 1. The number of alkyl halides is 6. The number of benzene rings is 1. The van der Waals surface area contributed by atoms with Crippen LogP contribution in [0.15, 0.2) is 36.5 Å². The Bertz CT molecular complexity index is 1620. The zero-order valence-corrected chi connectivity index (χ0v) is 27.8. The number of carbonyl (C=O) groups excluding carboxylic acids is 1. The van der Waals surface area contributed by atoms with E-state index >= 15 is 0 Å². The number of hydrogen-bond acceptors (Lipinski definition) is 10. The van der Waals surface area contributed by atoms with Crippen molar-refractivity contribution >= 4 is 23.4 Å². The van der Waals surface area contributed by atoms with Crippen molar-refractivity contribution in [2.75, 3.05) is 68.2 Å². The van der Waals surface area contributed by atoms with Gasteiger partial charge in [-0.15, -0.1) is 0 Å². The van der Waals surface area contributed by atoms with Gasteiger partial charge in [0.15, 0.2) is 0 Å². The van der Waals surface area contributed by atoms with E-state index in [0.29, 0.717) is 74.8 Å². The number of aliphatic hydroxyl groups excluding tert-OH is 1. The van der Waals surface area contributed by atoms with E-state index < -0.39 is 35.6 Å². The van der Waals surface area contributed by atoms with Crippen molar-refractivity contribution in [3.8, 4) is 5.88 Å². The summed E-state index contributed by atoms with van der Waals surface area (Å²) < 4.78 is 93.1. The number of rotatable bonds is 10. The molecule has 1 aromatic carbocycles. The van der Waals surface area contributed by atoms with Gasteiger partial charge in [-0.2, -0.15) is 26.3 Å². The molecule has 2 N–H and O–H groups in total. The van der Waals surface area contributed by atoms with Crippen LogP contribution in [0.4, 0.5) is 48.5 Å². The number of halogens is 6. The number of pyridine rings is 1. The largest absolute Gasteiger partial charge is 0.481 e. The van der Waals surface area contributed by atoms with Gasteiger partial charge in [-0.25, -0.2) is 19.7 Å². The fourth-order valence-electron chi connectivity index (χ4n) is 6.32.